The number of hydrogen-bond acceptors (Lipinski definition) is 5. The third kappa shape index (κ3) is 6.62. The van der Waals surface area contributed by atoms with Crippen LogP contribution in [0.2, 0.25) is 0 Å². The molecule has 0 bridgehead atoms. The molecule has 0 aliphatic heterocycles. The second kappa shape index (κ2) is 9.40. The van der Waals surface area contributed by atoms with Gasteiger partial charge in [-0.3, -0.25) is 0 Å². The fourth-order valence-corrected chi connectivity index (χ4v) is 3.39. The summed E-state index contributed by atoms with van der Waals surface area (Å²) in [5.41, 5.74) is 0. The number of nitrogens with one attached hydrogen (secondary N) is 1. The van der Waals surface area contributed by atoms with Crippen molar-refractivity contribution < 1.29 is 22.8 Å². The van der Waals surface area contributed by atoms with Crippen LogP contribution in [-0.4, -0.2) is 47.5 Å². The van der Waals surface area contributed by atoms with Crippen molar-refractivity contribution in [2.24, 2.45) is 0 Å². The lowest BCUT2D eigenvalue weighted by molar-refractivity contribution is 0.0436. The van der Waals surface area contributed by atoms with Gasteiger partial charge in [-0.05, 0) is 27.7 Å². The zero-order chi connectivity index (χ0) is 13.1. The Labute approximate surface area is 104 Å². The molecule has 0 aromatic heterocycles. The lowest BCUT2D eigenvalue weighted by Crippen LogP contribution is -2.52. The predicted octanol–water partition coefficient (Wildman–Crippen LogP) is 1.32. The maximum absolute atomic E-state index is 11.2. The first-order valence-electron chi connectivity index (χ1n) is 5.96. The zero-order valence-corrected chi connectivity index (χ0v) is 12.1. The van der Waals surface area contributed by atoms with E-state index in [0.29, 0.717) is 26.4 Å². The molecule has 7 heteroatoms. The van der Waals surface area contributed by atoms with E-state index in [2.05, 4.69) is 5.32 Å². The highest BCUT2D eigenvalue weighted by Crippen LogP contribution is 2.10. The molecular weight excluding hydrogens is 242 g/mol. The molecule has 0 fully saturated rings. The highest BCUT2D eigenvalue weighted by molar-refractivity contribution is 6.60. The van der Waals surface area contributed by atoms with Crippen LogP contribution in [0.1, 0.15) is 27.7 Å². The number of hydrogen-bond donors (Lipinski definition) is 1. The van der Waals surface area contributed by atoms with Gasteiger partial charge in [-0.1, -0.05) is 0 Å². The van der Waals surface area contributed by atoms with Crippen LogP contribution in [0.3, 0.4) is 0 Å². The van der Waals surface area contributed by atoms with E-state index in [9.17, 15) is 4.79 Å². The van der Waals surface area contributed by atoms with E-state index in [1.54, 1.807) is 0 Å². The summed E-state index contributed by atoms with van der Waals surface area (Å²) < 4.78 is 21.6. The van der Waals surface area contributed by atoms with Gasteiger partial charge in [0.2, 0.25) is 0 Å². The molecule has 0 rings (SSSR count). The topological polar surface area (TPSA) is 66.0 Å². The van der Waals surface area contributed by atoms with E-state index in [0.717, 1.165) is 0 Å². The first-order valence-corrected chi connectivity index (χ1v) is 7.89. The van der Waals surface area contributed by atoms with Gasteiger partial charge in [0.05, 0.1) is 0 Å². The number of amides is 1. The third-order valence-corrected chi connectivity index (χ3v) is 4.48. The average molecular weight is 265 g/mol. The predicted molar refractivity (Wildman–Crippen MR) is 65.7 cm³/mol. The van der Waals surface area contributed by atoms with Gasteiger partial charge >= 0.3 is 14.9 Å². The minimum atomic E-state index is -2.87. The molecular formula is C10H23NO5Si. The summed E-state index contributed by atoms with van der Waals surface area (Å²) in [7, 11) is -2.87. The Morgan fingerprint density at radius 1 is 1.00 bits per heavy atom. The van der Waals surface area contributed by atoms with Gasteiger partial charge in [-0.25, -0.2) is 4.79 Å². The van der Waals surface area contributed by atoms with Crippen LogP contribution in [0, 0.1) is 0 Å². The van der Waals surface area contributed by atoms with Crippen LogP contribution < -0.4 is 5.32 Å². The van der Waals surface area contributed by atoms with Crippen molar-refractivity contribution in [2.45, 2.75) is 27.7 Å². The lowest BCUT2D eigenvalue weighted by atomic mass is 10.8. The first kappa shape index (κ1) is 16.4. The monoisotopic (exact) mass is 265 g/mol. The molecule has 0 aliphatic rings. The van der Waals surface area contributed by atoms with E-state index in [1.807, 2.05) is 27.7 Å². The Bertz CT molecular complexity index is 198. The van der Waals surface area contributed by atoms with Crippen molar-refractivity contribution in [2.75, 3.05) is 32.6 Å². The second-order valence-corrected chi connectivity index (χ2v) is 5.61. The highest BCUT2D eigenvalue weighted by Gasteiger charge is 2.42. The van der Waals surface area contributed by atoms with E-state index in [1.165, 1.54) is 0 Å². The molecule has 0 aliphatic carbocycles. The molecule has 102 valence electrons. The molecule has 1 N–H and O–H groups in total. The zero-order valence-electron chi connectivity index (χ0n) is 11.1. The molecule has 0 atom stereocenters. The molecule has 0 spiro atoms. The van der Waals surface area contributed by atoms with Gasteiger partial charge in [0.1, 0.15) is 0 Å². The summed E-state index contributed by atoms with van der Waals surface area (Å²) >= 11 is 0. The Morgan fingerprint density at radius 2 is 1.47 bits per heavy atom. The highest BCUT2D eigenvalue weighted by atomic mass is 28.4. The summed E-state index contributed by atoms with van der Waals surface area (Å²) in [5, 5.41) is 2.54. The van der Waals surface area contributed by atoms with Crippen molar-refractivity contribution in [3.63, 3.8) is 0 Å². The number of alkyl carbamates (subject to hydrolysis) is 1. The van der Waals surface area contributed by atoms with E-state index in [-0.39, 0.29) is 6.23 Å². The van der Waals surface area contributed by atoms with Gasteiger partial charge < -0.3 is 23.3 Å². The number of ether oxygens (including phenoxy) is 1. The molecule has 17 heavy (non-hydrogen) atoms. The lowest BCUT2D eigenvalue weighted by Gasteiger charge is -2.27. The van der Waals surface area contributed by atoms with Crippen LogP contribution in [0.5, 0.6) is 0 Å². The normalized spacial score (nSPS) is 11.3. The van der Waals surface area contributed by atoms with Gasteiger partial charge in [0, 0.05) is 26.4 Å². The Kier molecular flexibility index (Phi) is 9.05. The van der Waals surface area contributed by atoms with Gasteiger partial charge in [-0.15, -0.1) is 0 Å². The van der Waals surface area contributed by atoms with E-state index < -0.39 is 14.9 Å². The minimum Gasteiger partial charge on any atom is -0.445 e. The fraction of sp³-hybridized carbons (Fsp3) is 0.900. The number of carbonyl (C=O) groups excluding carboxylic acids is 1. The van der Waals surface area contributed by atoms with E-state index in [4.69, 9.17) is 18.0 Å². The average Bonchev–Trinajstić information content (AvgIpc) is 2.28. The van der Waals surface area contributed by atoms with Crippen molar-refractivity contribution in [1.29, 1.82) is 0 Å². The summed E-state index contributed by atoms with van der Waals surface area (Å²) in [6, 6.07) is 0. The van der Waals surface area contributed by atoms with Crippen LogP contribution in [0.4, 0.5) is 4.79 Å². The quantitative estimate of drug-likeness (QED) is 0.637. The molecule has 0 aromatic rings. The maximum atomic E-state index is 11.2. The minimum absolute atomic E-state index is 0.0361. The van der Waals surface area contributed by atoms with E-state index >= 15 is 0 Å². The first-order chi connectivity index (χ1) is 8.14. The summed E-state index contributed by atoms with van der Waals surface area (Å²) in [6.07, 6.45) is -0.447. The third-order valence-electron chi connectivity index (χ3n) is 1.79. The Hall–Kier alpha value is -0.633. The van der Waals surface area contributed by atoms with Crippen LogP contribution in [-0.2, 0) is 18.0 Å². The van der Waals surface area contributed by atoms with Gasteiger partial charge in [0.25, 0.3) is 0 Å². The number of carbonyl (C=O) groups is 1. The van der Waals surface area contributed by atoms with Crippen LogP contribution in [0.25, 0.3) is 0 Å². The summed E-state index contributed by atoms with van der Waals surface area (Å²) in [5.74, 6) is 0. The molecule has 1 amide bonds. The Morgan fingerprint density at radius 3 is 1.82 bits per heavy atom. The van der Waals surface area contributed by atoms with Crippen molar-refractivity contribution >= 4 is 14.9 Å². The van der Waals surface area contributed by atoms with Crippen molar-refractivity contribution in [1.82, 2.24) is 5.32 Å². The molecule has 0 saturated carbocycles. The van der Waals surface area contributed by atoms with Crippen LogP contribution in [0.15, 0.2) is 0 Å². The fourth-order valence-electron chi connectivity index (χ4n) is 1.26. The van der Waals surface area contributed by atoms with Crippen LogP contribution >= 0.6 is 0 Å². The maximum Gasteiger partial charge on any atom is 0.540 e. The molecule has 0 unspecified atom stereocenters. The molecule has 0 saturated heterocycles. The standard InChI is InChI=1S/C10H23NO5Si/c1-5-11-10(12)13-9-17(14-6-2,15-7-3)16-8-4/h5-9H2,1-4H3,(H,11,12). The smallest absolute Gasteiger partial charge is 0.445 e. The SMILES string of the molecule is CCNC(=O)OC[Si](OCC)(OCC)OCC. The molecule has 0 radical (unpaired) electrons. The second-order valence-electron chi connectivity index (χ2n) is 3.09. The van der Waals surface area contributed by atoms with Gasteiger partial charge in [-0.2, -0.15) is 0 Å². The van der Waals surface area contributed by atoms with Gasteiger partial charge in [0.15, 0.2) is 6.23 Å². The Balaban J connectivity index is 4.37. The molecule has 6 nitrogen and oxygen atoms in total. The largest absolute Gasteiger partial charge is 0.540 e. The molecule has 0 heterocycles. The van der Waals surface area contributed by atoms with Crippen molar-refractivity contribution in [3.8, 4) is 0 Å². The van der Waals surface area contributed by atoms with Crippen molar-refractivity contribution in [3.05, 3.63) is 0 Å². The number of rotatable bonds is 9. The summed E-state index contributed by atoms with van der Waals surface area (Å²) in [6.45, 7) is 9.29. The molecule has 0 aromatic carbocycles. The summed E-state index contributed by atoms with van der Waals surface area (Å²) in [4.78, 5) is 11.2.